The first-order valence-corrected chi connectivity index (χ1v) is 16.9. The second-order valence-electron chi connectivity index (χ2n) is 13.8. The molecule has 2 N–H and O–H groups in total. The molecule has 2 aromatic carbocycles. The van der Waals surface area contributed by atoms with Gasteiger partial charge in [0.15, 0.2) is 11.6 Å². The molecule has 0 amide bonds. The van der Waals surface area contributed by atoms with Gasteiger partial charge in [0.2, 0.25) is 0 Å². The number of Topliss-reactive ketones (excluding diaryl/α,β-unsaturated/α-hetero) is 1. The fourth-order valence-electron chi connectivity index (χ4n) is 8.46. The van der Waals surface area contributed by atoms with Crippen molar-refractivity contribution in [2.45, 2.75) is 89.9 Å². The molecule has 0 spiro atoms. The predicted octanol–water partition coefficient (Wildman–Crippen LogP) is 6.22. The minimum Gasteiger partial charge on any atom is -0.507 e. The fourth-order valence-corrected chi connectivity index (χ4v) is 8.46. The van der Waals surface area contributed by atoms with Crippen molar-refractivity contribution in [1.29, 1.82) is 0 Å². The molecule has 0 aromatic heterocycles. The minimum atomic E-state index is -0.979. The van der Waals surface area contributed by atoms with Crippen molar-refractivity contribution < 1.29 is 29.3 Å². The lowest BCUT2D eigenvalue weighted by Gasteiger charge is -2.57. The third-order valence-electron chi connectivity index (χ3n) is 10.4. The Balaban J connectivity index is 1.16. The van der Waals surface area contributed by atoms with Gasteiger partial charge in [-0.25, -0.2) is 0 Å². The van der Waals surface area contributed by atoms with Gasteiger partial charge in [-0.05, 0) is 101 Å². The van der Waals surface area contributed by atoms with Crippen LogP contribution in [0, 0.1) is 11.8 Å². The van der Waals surface area contributed by atoms with Gasteiger partial charge < -0.3 is 14.9 Å². The summed E-state index contributed by atoms with van der Waals surface area (Å²) in [5.41, 5.74) is 1.83. The number of benzene rings is 2. The molecule has 3 fully saturated rings. The standard InChI is InChI=1S/C38H46N2O6/c1-24(2)15-18-33(28-21-32(43)35-30(41)16-17-31(42)36(35)38(28)45)46-34(44)14-6-13-29-27-12-8-20-39-19-7-11-26(37(27)39)23-40(29)22-25-9-4-3-5-10-25/h3-5,9-10,15-17,21,26-27,29,33,37,41-42H,6-8,11-14,18-20,22-23H2,1-2H3/t26-,27+,29+,33-,37-/m1/s1. The number of aromatic hydroxyl groups is 2. The van der Waals surface area contributed by atoms with Crippen molar-refractivity contribution in [2.24, 2.45) is 11.8 Å². The fraction of sp³-hybridized carbons (Fsp3) is 0.500. The normalized spacial score (nSPS) is 25.2. The van der Waals surface area contributed by atoms with E-state index in [9.17, 15) is 24.6 Å². The van der Waals surface area contributed by atoms with Crippen LogP contribution >= 0.6 is 0 Å². The molecule has 4 aliphatic rings. The van der Waals surface area contributed by atoms with E-state index in [1.54, 1.807) is 0 Å². The summed E-state index contributed by atoms with van der Waals surface area (Å²) < 4.78 is 5.93. The quantitative estimate of drug-likeness (QED) is 0.182. The molecular weight excluding hydrogens is 580 g/mol. The van der Waals surface area contributed by atoms with Crippen LogP contribution in [0.5, 0.6) is 11.5 Å². The van der Waals surface area contributed by atoms with E-state index in [0.29, 0.717) is 30.3 Å². The summed E-state index contributed by atoms with van der Waals surface area (Å²) in [6.07, 6.45) is 9.02. The summed E-state index contributed by atoms with van der Waals surface area (Å²) in [5, 5.41) is 20.6. The highest BCUT2D eigenvalue weighted by Gasteiger charge is 2.48. The first kappa shape index (κ1) is 32.2. The molecule has 244 valence electrons. The number of hydrogen-bond acceptors (Lipinski definition) is 8. The zero-order valence-corrected chi connectivity index (χ0v) is 27.0. The van der Waals surface area contributed by atoms with Crippen LogP contribution < -0.4 is 0 Å². The average Bonchev–Trinajstić information content (AvgIpc) is 3.04. The first-order valence-electron chi connectivity index (χ1n) is 16.9. The van der Waals surface area contributed by atoms with E-state index in [2.05, 4.69) is 40.1 Å². The smallest absolute Gasteiger partial charge is 0.306 e. The van der Waals surface area contributed by atoms with Crippen molar-refractivity contribution in [2.75, 3.05) is 19.6 Å². The summed E-state index contributed by atoms with van der Waals surface area (Å²) in [7, 11) is 0. The van der Waals surface area contributed by atoms with Crippen molar-refractivity contribution in [3.05, 3.63) is 82.5 Å². The number of carbonyl (C=O) groups excluding carboxylic acids is 3. The Bertz CT molecular complexity index is 1530. The number of piperidine rings is 3. The van der Waals surface area contributed by atoms with Gasteiger partial charge in [0.05, 0.1) is 11.1 Å². The van der Waals surface area contributed by atoms with Crippen molar-refractivity contribution in [3.8, 4) is 11.5 Å². The van der Waals surface area contributed by atoms with Crippen LogP contribution in [-0.2, 0) is 16.1 Å². The first-order chi connectivity index (χ1) is 22.2. The maximum absolute atomic E-state index is 13.5. The van der Waals surface area contributed by atoms with Crippen molar-refractivity contribution in [3.63, 3.8) is 0 Å². The lowest BCUT2D eigenvalue weighted by Crippen LogP contribution is -2.64. The number of nitrogens with zero attached hydrogens (tertiary/aromatic N) is 2. The third kappa shape index (κ3) is 6.69. The van der Waals surface area contributed by atoms with Gasteiger partial charge in [-0.2, -0.15) is 0 Å². The Morgan fingerprint density at radius 2 is 1.72 bits per heavy atom. The Labute approximate surface area is 271 Å². The van der Waals surface area contributed by atoms with Crippen LogP contribution in [0.1, 0.15) is 91.5 Å². The summed E-state index contributed by atoms with van der Waals surface area (Å²) in [6.45, 7) is 8.21. The topological polar surface area (TPSA) is 107 Å². The number of phenols is 2. The molecule has 3 heterocycles. The number of carbonyl (C=O) groups is 3. The van der Waals surface area contributed by atoms with Gasteiger partial charge in [-0.3, -0.25) is 24.2 Å². The Morgan fingerprint density at radius 1 is 1.00 bits per heavy atom. The number of fused-ring (bicyclic) bond motifs is 1. The number of hydrogen-bond donors (Lipinski definition) is 2. The van der Waals surface area contributed by atoms with E-state index >= 15 is 0 Å². The minimum absolute atomic E-state index is 0.0104. The van der Waals surface area contributed by atoms with E-state index in [1.807, 2.05) is 19.9 Å². The molecule has 0 radical (unpaired) electrons. The number of likely N-dealkylation sites (tertiary alicyclic amines) is 1. The van der Waals surface area contributed by atoms with Gasteiger partial charge in [-0.15, -0.1) is 0 Å². The van der Waals surface area contributed by atoms with Crippen LogP contribution in [0.2, 0.25) is 0 Å². The van der Waals surface area contributed by atoms with Crippen LogP contribution in [0.25, 0.3) is 0 Å². The van der Waals surface area contributed by atoms with Gasteiger partial charge in [0, 0.05) is 43.6 Å². The highest BCUT2D eigenvalue weighted by Crippen LogP contribution is 2.44. The lowest BCUT2D eigenvalue weighted by molar-refractivity contribution is -0.147. The van der Waals surface area contributed by atoms with E-state index in [1.165, 1.54) is 56.5 Å². The highest BCUT2D eigenvalue weighted by molar-refractivity contribution is 6.27. The number of phenolic OH excluding ortho intramolecular Hbond substituents is 2. The van der Waals surface area contributed by atoms with Crippen LogP contribution in [0.3, 0.4) is 0 Å². The molecule has 2 aromatic rings. The van der Waals surface area contributed by atoms with E-state index in [4.69, 9.17) is 4.74 Å². The zero-order chi connectivity index (χ0) is 32.4. The maximum Gasteiger partial charge on any atom is 0.306 e. The molecule has 3 aliphatic heterocycles. The average molecular weight is 627 g/mol. The Kier molecular flexibility index (Phi) is 9.76. The number of rotatable bonds is 10. The molecule has 0 unspecified atom stereocenters. The van der Waals surface area contributed by atoms with Gasteiger partial charge in [0.25, 0.3) is 0 Å². The molecule has 0 bridgehead atoms. The second kappa shape index (κ2) is 13.9. The van der Waals surface area contributed by atoms with Gasteiger partial charge >= 0.3 is 5.97 Å². The van der Waals surface area contributed by atoms with Crippen molar-refractivity contribution >= 4 is 17.5 Å². The maximum atomic E-state index is 13.5. The van der Waals surface area contributed by atoms with Crippen LogP contribution in [-0.4, -0.2) is 75.4 Å². The van der Waals surface area contributed by atoms with Crippen LogP contribution in [0.4, 0.5) is 0 Å². The molecule has 0 saturated carbocycles. The zero-order valence-electron chi connectivity index (χ0n) is 27.0. The van der Waals surface area contributed by atoms with Crippen LogP contribution in [0.15, 0.2) is 65.8 Å². The van der Waals surface area contributed by atoms with E-state index in [-0.39, 0.29) is 35.3 Å². The number of esters is 1. The highest BCUT2D eigenvalue weighted by atomic mass is 16.5. The summed E-state index contributed by atoms with van der Waals surface area (Å²) in [4.78, 5) is 45.3. The Morgan fingerprint density at radius 3 is 2.46 bits per heavy atom. The number of allylic oxidation sites excluding steroid dienone is 2. The number of ether oxygens (including phenoxy) is 1. The number of ketones is 2. The predicted molar refractivity (Wildman–Crippen MR) is 176 cm³/mol. The molecule has 6 rings (SSSR count). The SMILES string of the molecule is CC(C)=CC[C@@H](OC(=O)CCC[C@H]1[C@@H]2CCCN3CCC[C@H](CN1Cc1ccccc1)[C@H]23)C1=CC(=O)c2c(O)ccc(O)c2C1=O. The Hall–Kier alpha value is -3.75. The van der Waals surface area contributed by atoms with E-state index < -0.39 is 29.4 Å². The largest absolute Gasteiger partial charge is 0.507 e. The van der Waals surface area contributed by atoms with Gasteiger partial charge in [-0.1, -0.05) is 42.0 Å². The van der Waals surface area contributed by atoms with Gasteiger partial charge in [0.1, 0.15) is 17.6 Å². The molecular formula is C38H46N2O6. The third-order valence-corrected chi connectivity index (χ3v) is 10.4. The monoisotopic (exact) mass is 626 g/mol. The molecule has 5 atom stereocenters. The van der Waals surface area contributed by atoms with Crippen molar-refractivity contribution in [1.82, 2.24) is 9.80 Å². The summed E-state index contributed by atoms with van der Waals surface area (Å²) >= 11 is 0. The second-order valence-corrected chi connectivity index (χ2v) is 13.8. The molecule has 3 saturated heterocycles. The molecule has 8 nitrogen and oxygen atoms in total. The summed E-state index contributed by atoms with van der Waals surface area (Å²) in [5.74, 6) is -1.12. The van der Waals surface area contributed by atoms with E-state index in [0.717, 1.165) is 31.2 Å². The molecule has 1 aliphatic carbocycles. The molecule has 46 heavy (non-hydrogen) atoms. The summed E-state index contributed by atoms with van der Waals surface area (Å²) in [6, 6.07) is 14.0. The molecule has 8 heteroatoms. The lowest BCUT2D eigenvalue weighted by atomic mass is 9.69.